The van der Waals surface area contributed by atoms with Crippen LogP contribution in [-0.4, -0.2) is 49.8 Å². The molecule has 1 N–H and O–H groups in total. The van der Waals surface area contributed by atoms with E-state index in [4.69, 9.17) is 35.8 Å². The summed E-state index contributed by atoms with van der Waals surface area (Å²) in [7, 11) is 3.08. The Kier molecular flexibility index (Phi) is 7.57. The molecule has 1 saturated heterocycles. The number of anilines is 2. The highest BCUT2D eigenvalue weighted by Crippen LogP contribution is 2.38. The van der Waals surface area contributed by atoms with Crippen molar-refractivity contribution in [3.63, 3.8) is 0 Å². The molecule has 3 aromatic rings. The van der Waals surface area contributed by atoms with Crippen LogP contribution in [0.2, 0.25) is 5.02 Å². The Morgan fingerprint density at radius 3 is 2.65 bits per heavy atom. The number of aromatic nitrogens is 2. The van der Waals surface area contributed by atoms with E-state index in [1.165, 1.54) is 7.11 Å². The molecule has 0 saturated carbocycles. The summed E-state index contributed by atoms with van der Waals surface area (Å²) in [6.07, 6.45) is 2.46. The van der Waals surface area contributed by atoms with Crippen LogP contribution >= 0.6 is 11.6 Å². The average molecular weight is 485 g/mol. The number of piperidine rings is 1. The molecule has 2 aromatic carbocycles. The number of halogens is 1. The fourth-order valence-corrected chi connectivity index (χ4v) is 4.29. The first-order valence-corrected chi connectivity index (χ1v) is 11.8. The molecule has 2 heterocycles. The monoisotopic (exact) mass is 484 g/mol. The van der Waals surface area contributed by atoms with Gasteiger partial charge in [0.05, 0.1) is 42.8 Å². The van der Waals surface area contributed by atoms with Gasteiger partial charge in [0.2, 0.25) is 5.91 Å². The Morgan fingerprint density at radius 2 is 1.94 bits per heavy atom. The van der Waals surface area contributed by atoms with Gasteiger partial charge in [-0.25, -0.2) is 9.97 Å². The van der Waals surface area contributed by atoms with Crippen molar-refractivity contribution in [3.8, 4) is 17.4 Å². The third-order valence-electron chi connectivity index (χ3n) is 5.79. The quantitative estimate of drug-likeness (QED) is 0.484. The predicted molar refractivity (Wildman–Crippen MR) is 133 cm³/mol. The number of hydrogen-bond donors (Lipinski definition) is 1. The van der Waals surface area contributed by atoms with E-state index in [2.05, 4.69) is 10.2 Å². The van der Waals surface area contributed by atoms with Crippen LogP contribution in [0.25, 0.3) is 11.0 Å². The minimum atomic E-state index is -0.260. The standard InChI is InChI=1S/C25H29ClN4O4/c1-4-12-34-25-23(27-19-9-5-6-10-20(19)28-25)30-11-7-8-16(15-30)24(31)29-22-18(26)13-17(32-2)14-21(22)33-3/h5-6,9-10,13-14,16H,4,7-8,11-12,15H2,1-3H3,(H,29,31). The highest BCUT2D eigenvalue weighted by atomic mass is 35.5. The zero-order valence-corrected chi connectivity index (χ0v) is 20.4. The molecular weight excluding hydrogens is 456 g/mol. The Morgan fingerprint density at radius 1 is 1.18 bits per heavy atom. The molecule has 0 spiro atoms. The molecule has 9 heteroatoms. The van der Waals surface area contributed by atoms with E-state index in [9.17, 15) is 4.79 Å². The second kappa shape index (κ2) is 10.8. The molecule has 1 aliphatic heterocycles. The van der Waals surface area contributed by atoms with Gasteiger partial charge in [0.25, 0.3) is 5.88 Å². The number of fused-ring (bicyclic) bond motifs is 1. The van der Waals surface area contributed by atoms with Gasteiger partial charge in [-0.2, -0.15) is 0 Å². The van der Waals surface area contributed by atoms with Crippen molar-refractivity contribution in [1.82, 2.24) is 9.97 Å². The van der Waals surface area contributed by atoms with Crippen molar-refractivity contribution < 1.29 is 19.0 Å². The van der Waals surface area contributed by atoms with Gasteiger partial charge in [0, 0.05) is 25.2 Å². The summed E-state index contributed by atoms with van der Waals surface area (Å²) in [6, 6.07) is 11.1. The summed E-state index contributed by atoms with van der Waals surface area (Å²) in [5.74, 6) is 1.79. The maximum atomic E-state index is 13.2. The molecular formula is C25H29ClN4O4. The van der Waals surface area contributed by atoms with Crippen LogP contribution in [0.4, 0.5) is 11.5 Å². The van der Waals surface area contributed by atoms with Gasteiger partial charge < -0.3 is 24.4 Å². The smallest absolute Gasteiger partial charge is 0.258 e. The van der Waals surface area contributed by atoms with Crippen molar-refractivity contribution in [1.29, 1.82) is 0 Å². The lowest BCUT2D eigenvalue weighted by molar-refractivity contribution is -0.120. The summed E-state index contributed by atoms with van der Waals surface area (Å²) < 4.78 is 16.6. The molecule has 1 unspecified atom stereocenters. The third-order valence-corrected chi connectivity index (χ3v) is 6.09. The molecule has 0 aliphatic carbocycles. The first kappa shape index (κ1) is 23.9. The van der Waals surface area contributed by atoms with Crippen molar-refractivity contribution in [2.24, 2.45) is 5.92 Å². The van der Waals surface area contributed by atoms with Crippen LogP contribution in [0.1, 0.15) is 26.2 Å². The molecule has 8 nitrogen and oxygen atoms in total. The lowest BCUT2D eigenvalue weighted by atomic mass is 9.97. The highest BCUT2D eigenvalue weighted by molar-refractivity contribution is 6.34. The number of para-hydroxylation sites is 2. The number of rotatable bonds is 8. The van der Waals surface area contributed by atoms with E-state index in [1.807, 2.05) is 31.2 Å². The summed E-state index contributed by atoms with van der Waals surface area (Å²) in [6.45, 7) is 3.87. The van der Waals surface area contributed by atoms with E-state index in [0.717, 1.165) is 36.8 Å². The Labute approximate surface area is 204 Å². The maximum Gasteiger partial charge on any atom is 0.258 e. The minimum absolute atomic E-state index is 0.125. The number of hydrogen-bond acceptors (Lipinski definition) is 7. The number of benzene rings is 2. The summed E-state index contributed by atoms with van der Waals surface area (Å²) in [5.41, 5.74) is 2.01. The number of carbonyl (C=O) groups excluding carboxylic acids is 1. The summed E-state index contributed by atoms with van der Waals surface area (Å²) in [4.78, 5) is 24.9. The molecule has 34 heavy (non-hydrogen) atoms. The lowest BCUT2D eigenvalue weighted by Gasteiger charge is -2.33. The number of carbonyl (C=O) groups is 1. The predicted octanol–water partition coefficient (Wildman–Crippen LogP) is 4.94. The number of ether oxygens (including phenoxy) is 3. The van der Waals surface area contributed by atoms with Gasteiger partial charge in [-0.1, -0.05) is 30.7 Å². The lowest BCUT2D eigenvalue weighted by Crippen LogP contribution is -2.41. The van der Waals surface area contributed by atoms with Gasteiger partial charge in [-0.05, 0) is 31.4 Å². The largest absolute Gasteiger partial charge is 0.497 e. The first-order valence-electron chi connectivity index (χ1n) is 11.4. The van der Waals surface area contributed by atoms with Gasteiger partial charge in [0.1, 0.15) is 17.2 Å². The van der Waals surface area contributed by atoms with Gasteiger partial charge in [-0.3, -0.25) is 4.79 Å². The molecule has 1 aliphatic rings. The van der Waals surface area contributed by atoms with E-state index >= 15 is 0 Å². The molecule has 1 atom stereocenters. The maximum absolute atomic E-state index is 13.2. The second-order valence-electron chi connectivity index (χ2n) is 8.15. The number of amides is 1. The number of nitrogens with one attached hydrogen (secondary N) is 1. The van der Waals surface area contributed by atoms with Crippen molar-refractivity contribution in [2.45, 2.75) is 26.2 Å². The van der Waals surface area contributed by atoms with Crippen LogP contribution < -0.4 is 24.4 Å². The Balaban J connectivity index is 1.57. The van der Waals surface area contributed by atoms with Crippen LogP contribution in [0.3, 0.4) is 0 Å². The van der Waals surface area contributed by atoms with Crippen molar-refractivity contribution in [3.05, 3.63) is 41.4 Å². The van der Waals surface area contributed by atoms with Crippen LogP contribution in [0, 0.1) is 5.92 Å². The van der Waals surface area contributed by atoms with Crippen molar-refractivity contribution in [2.75, 3.05) is 44.1 Å². The third kappa shape index (κ3) is 5.12. The molecule has 0 radical (unpaired) electrons. The molecule has 1 fully saturated rings. The van der Waals surface area contributed by atoms with E-state index in [-0.39, 0.29) is 11.8 Å². The fourth-order valence-electron chi connectivity index (χ4n) is 4.04. The van der Waals surface area contributed by atoms with Crippen LogP contribution in [-0.2, 0) is 4.79 Å². The van der Waals surface area contributed by atoms with Gasteiger partial charge in [0.15, 0.2) is 5.82 Å². The Hall–Kier alpha value is -3.26. The SMILES string of the molecule is CCCOc1nc2ccccc2nc1N1CCCC(C(=O)Nc2c(Cl)cc(OC)cc2OC)C1. The number of nitrogens with zero attached hydrogens (tertiary/aromatic N) is 3. The minimum Gasteiger partial charge on any atom is -0.497 e. The average Bonchev–Trinajstić information content (AvgIpc) is 2.87. The van der Waals surface area contributed by atoms with Gasteiger partial charge >= 0.3 is 0 Å². The second-order valence-corrected chi connectivity index (χ2v) is 8.56. The molecule has 1 amide bonds. The fraction of sp³-hybridized carbons (Fsp3) is 0.400. The van der Waals surface area contributed by atoms with Crippen LogP contribution in [0.5, 0.6) is 17.4 Å². The molecule has 180 valence electrons. The highest BCUT2D eigenvalue weighted by Gasteiger charge is 2.30. The van der Waals surface area contributed by atoms with Gasteiger partial charge in [-0.15, -0.1) is 0 Å². The first-order chi connectivity index (χ1) is 16.5. The topological polar surface area (TPSA) is 85.8 Å². The van der Waals surface area contributed by atoms with Crippen LogP contribution in [0.15, 0.2) is 36.4 Å². The number of methoxy groups -OCH3 is 2. The zero-order valence-electron chi connectivity index (χ0n) is 19.6. The molecule has 4 rings (SSSR count). The summed E-state index contributed by atoms with van der Waals surface area (Å²) >= 11 is 6.40. The van der Waals surface area contributed by atoms with E-state index < -0.39 is 0 Å². The summed E-state index contributed by atoms with van der Waals surface area (Å²) in [5, 5.41) is 3.31. The van der Waals surface area contributed by atoms with Crippen molar-refractivity contribution >= 4 is 40.0 Å². The molecule has 1 aromatic heterocycles. The van der Waals surface area contributed by atoms with E-state index in [1.54, 1.807) is 19.2 Å². The van der Waals surface area contributed by atoms with E-state index in [0.29, 0.717) is 47.1 Å². The molecule has 0 bridgehead atoms. The normalized spacial score (nSPS) is 15.8. The Bertz CT molecular complexity index is 1170. The zero-order chi connectivity index (χ0) is 24.1.